The Labute approximate surface area is 169 Å². The molecule has 1 aliphatic rings. The number of hydrogen-bond acceptors (Lipinski definition) is 4. The molecule has 0 bridgehead atoms. The zero-order chi connectivity index (χ0) is 20.3. The highest BCUT2D eigenvalue weighted by Gasteiger charge is 2.23. The van der Waals surface area contributed by atoms with Crippen LogP contribution in [0.3, 0.4) is 0 Å². The maximum atomic E-state index is 14.3. The second-order valence-corrected chi connectivity index (χ2v) is 8.17. The molecule has 1 aliphatic heterocycles. The molecule has 0 atom stereocenters. The van der Waals surface area contributed by atoms with Crippen LogP contribution in [0.15, 0.2) is 41.3 Å². The summed E-state index contributed by atoms with van der Waals surface area (Å²) < 4.78 is 14.3. The van der Waals surface area contributed by atoms with Crippen molar-refractivity contribution in [1.82, 2.24) is 4.90 Å². The van der Waals surface area contributed by atoms with Crippen LogP contribution in [0.4, 0.5) is 10.1 Å². The van der Waals surface area contributed by atoms with E-state index in [1.807, 2.05) is 15.9 Å². The van der Waals surface area contributed by atoms with Crippen molar-refractivity contribution in [3.05, 3.63) is 58.9 Å². The van der Waals surface area contributed by atoms with E-state index in [2.05, 4.69) is 26.0 Å². The van der Waals surface area contributed by atoms with Crippen LogP contribution in [0.2, 0.25) is 0 Å². The Hall–Kier alpha value is -2.34. The minimum Gasteiger partial charge on any atom is -0.366 e. The van der Waals surface area contributed by atoms with Gasteiger partial charge in [-0.3, -0.25) is 9.59 Å². The summed E-state index contributed by atoms with van der Waals surface area (Å²) in [6.45, 7) is 7.87. The molecule has 0 saturated carbocycles. The molecule has 1 saturated heterocycles. The fraction of sp³-hybridized carbons (Fsp3) is 0.364. The highest BCUT2D eigenvalue weighted by molar-refractivity contribution is 8.00. The van der Waals surface area contributed by atoms with Crippen LogP contribution in [0.1, 0.15) is 28.4 Å². The Morgan fingerprint density at radius 3 is 2.32 bits per heavy atom. The fourth-order valence-electron chi connectivity index (χ4n) is 3.22. The van der Waals surface area contributed by atoms with E-state index in [1.54, 1.807) is 23.9 Å². The van der Waals surface area contributed by atoms with E-state index in [0.717, 1.165) is 4.90 Å². The topological polar surface area (TPSA) is 40.6 Å². The van der Waals surface area contributed by atoms with Gasteiger partial charge in [-0.05, 0) is 62.2 Å². The van der Waals surface area contributed by atoms with Crippen molar-refractivity contribution >= 4 is 29.1 Å². The zero-order valence-electron chi connectivity index (χ0n) is 16.5. The number of ketones is 1. The van der Waals surface area contributed by atoms with Gasteiger partial charge in [-0.2, -0.15) is 0 Å². The predicted octanol–water partition coefficient (Wildman–Crippen LogP) is 4.09. The van der Waals surface area contributed by atoms with E-state index < -0.39 is 5.82 Å². The van der Waals surface area contributed by atoms with Gasteiger partial charge in [0.15, 0.2) is 5.78 Å². The van der Waals surface area contributed by atoms with E-state index in [0.29, 0.717) is 43.2 Å². The number of carbonyl (C=O) groups excluding carboxylic acids is 2. The van der Waals surface area contributed by atoms with Crippen molar-refractivity contribution in [3.8, 4) is 0 Å². The zero-order valence-corrected chi connectivity index (χ0v) is 17.3. The molecule has 0 unspecified atom stereocenters. The number of amides is 1. The lowest BCUT2D eigenvalue weighted by Gasteiger charge is -2.36. The SMILES string of the molecule is CC(=O)c1ccc(N2CCN(C(=O)CSc3ccc(C)c(C)c3)CC2)c(F)c1. The third-order valence-corrected chi connectivity index (χ3v) is 6.15. The Morgan fingerprint density at radius 2 is 1.71 bits per heavy atom. The summed E-state index contributed by atoms with van der Waals surface area (Å²) in [6.07, 6.45) is 0. The third-order valence-electron chi connectivity index (χ3n) is 5.17. The first-order chi connectivity index (χ1) is 13.3. The number of thioether (sulfide) groups is 1. The molecule has 148 valence electrons. The standard InChI is InChI=1S/C22H25FN2O2S/c1-15-4-6-19(12-16(15)2)28-14-22(27)25-10-8-24(9-11-25)21-7-5-18(17(3)26)13-20(21)23/h4-7,12-13H,8-11,14H2,1-3H3. The number of piperazine rings is 1. The van der Waals surface area contributed by atoms with Crippen LogP contribution in [-0.4, -0.2) is 48.5 Å². The molecule has 6 heteroatoms. The molecule has 0 aromatic heterocycles. The van der Waals surface area contributed by atoms with Gasteiger partial charge in [-0.1, -0.05) is 6.07 Å². The maximum Gasteiger partial charge on any atom is 0.233 e. The summed E-state index contributed by atoms with van der Waals surface area (Å²) in [6, 6.07) is 10.8. The molecule has 2 aromatic rings. The van der Waals surface area contributed by atoms with Gasteiger partial charge in [0, 0.05) is 36.6 Å². The Morgan fingerprint density at radius 1 is 1.00 bits per heavy atom. The van der Waals surface area contributed by atoms with Gasteiger partial charge in [0.2, 0.25) is 5.91 Å². The molecule has 1 amide bonds. The Bertz CT molecular complexity index is 892. The van der Waals surface area contributed by atoms with Crippen molar-refractivity contribution in [3.63, 3.8) is 0 Å². The number of Topliss-reactive ketones (excluding diaryl/α,β-unsaturated/α-hetero) is 1. The van der Waals surface area contributed by atoms with E-state index in [9.17, 15) is 14.0 Å². The highest BCUT2D eigenvalue weighted by atomic mass is 32.2. The highest BCUT2D eigenvalue weighted by Crippen LogP contribution is 2.24. The normalized spacial score (nSPS) is 14.3. The molecule has 0 spiro atoms. The van der Waals surface area contributed by atoms with Gasteiger partial charge < -0.3 is 9.80 Å². The van der Waals surface area contributed by atoms with Crippen molar-refractivity contribution in [2.45, 2.75) is 25.7 Å². The Kier molecular flexibility index (Phi) is 6.39. The average molecular weight is 401 g/mol. The number of carbonyl (C=O) groups is 2. The molecule has 1 fully saturated rings. The lowest BCUT2D eigenvalue weighted by Crippen LogP contribution is -2.49. The number of halogens is 1. The minimum atomic E-state index is -0.391. The molecule has 0 aliphatic carbocycles. The number of anilines is 1. The molecule has 1 heterocycles. The van der Waals surface area contributed by atoms with Crippen LogP contribution in [-0.2, 0) is 4.79 Å². The first kappa shape index (κ1) is 20.4. The number of benzene rings is 2. The van der Waals surface area contributed by atoms with Gasteiger partial charge in [-0.25, -0.2) is 4.39 Å². The van der Waals surface area contributed by atoms with Gasteiger partial charge in [-0.15, -0.1) is 11.8 Å². The largest absolute Gasteiger partial charge is 0.366 e. The Balaban J connectivity index is 1.54. The molecule has 0 N–H and O–H groups in total. The summed E-state index contributed by atoms with van der Waals surface area (Å²) >= 11 is 1.55. The van der Waals surface area contributed by atoms with E-state index in [-0.39, 0.29) is 11.7 Å². The molecule has 0 radical (unpaired) electrons. The second kappa shape index (κ2) is 8.78. The average Bonchev–Trinajstić information content (AvgIpc) is 2.68. The smallest absolute Gasteiger partial charge is 0.233 e. The van der Waals surface area contributed by atoms with Crippen molar-refractivity contribution in [2.75, 3.05) is 36.8 Å². The maximum absolute atomic E-state index is 14.3. The first-order valence-electron chi connectivity index (χ1n) is 9.38. The lowest BCUT2D eigenvalue weighted by atomic mass is 10.1. The molecular weight excluding hydrogens is 375 g/mol. The van der Waals surface area contributed by atoms with Crippen LogP contribution >= 0.6 is 11.8 Å². The van der Waals surface area contributed by atoms with Gasteiger partial charge in [0.1, 0.15) is 5.82 Å². The van der Waals surface area contributed by atoms with Crippen LogP contribution in [0, 0.1) is 19.7 Å². The van der Waals surface area contributed by atoms with E-state index in [1.165, 1.54) is 24.1 Å². The summed E-state index contributed by atoms with van der Waals surface area (Å²) in [7, 11) is 0. The number of nitrogens with zero attached hydrogens (tertiary/aromatic N) is 2. The quantitative estimate of drug-likeness (QED) is 0.560. The van der Waals surface area contributed by atoms with E-state index >= 15 is 0 Å². The number of rotatable bonds is 5. The monoisotopic (exact) mass is 400 g/mol. The molecule has 28 heavy (non-hydrogen) atoms. The predicted molar refractivity (Wildman–Crippen MR) is 112 cm³/mol. The van der Waals surface area contributed by atoms with Crippen molar-refractivity contribution in [2.24, 2.45) is 0 Å². The molecule has 2 aromatic carbocycles. The fourth-order valence-corrected chi connectivity index (χ4v) is 4.12. The van der Waals surface area contributed by atoms with Gasteiger partial charge >= 0.3 is 0 Å². The summed E-state index contributed by atoms with van der Waals surface area (Å²) in [5.41, 5.74) is 3.33. The second-order valence-electron chi connectivity index (χ2n) is 7.12. The molecule has 4 nitrogen and oxygen atoms in total. The number of aryl methyl sites for hydroxylation is 2. The lowest BCUT2D eigenvalue weighted by molar-refractivity contribution is -0.128. The molecule has 3 rings (SSSR count). The van der Waals surface area contributed by atoms with Crippen molar-refractivity contribution < 1.29 is 14.0 Å². The van der Waals surface area contributed by atoms with E-state index in [4.69, 9.17) is 0 Å². The third kappa shape index (κ3) is 4.73. The van der Waals surface area contributed by atoms with Crippen molar-refractivity contribution in [1.29, 1.82) is 0 Å². The first-order valence-corrected chi connectivity index (χ1v) is 10.4. The van der Waals surface area contributed by atoms with Gasteiger partial charge in [0.25, 0.3) is 0 Å². The van der Waals surface area contributed by atoms with Crippen LogP contribution in [0.25, 0.3) is 0 Å². The van der Waals surface area contributed by atoms with Crippen LogP contribution < -0.4 is 4.90 Å². The van der Waals surface area contributed by atoms with Crippen LogP contribution in [0.5, 0.6) is 0 Å². The summed E-state index contributed by atoms with van der Waals surface area (Å²) in [5.74, 6) is -0.0281. The number of hydrogen-bond donors (Lipinski definition) is 0. The minimum absolute atomic E-state index is 0.107. The summed E-state index contributed by atoms with van der Waals surface area (Å²) in [4.78, 5) is 28.8. The molecular formula is C22H25FN2O2S. The summed E-state index contributed by atoms with van der Waals surface area (Å²) in [5, 5.41) is 0. The van der Waals surface area contributed by atoms with Gasteiger partial charge in [0.05, 0.1) is 11.4 Å².